The van der Waals surface area contributed by atoms with Crippen LogP contribution in [0, 0.1) is 0 Å². The minimum absolute atomic E-state index is 0.131. The lowest BCUT2D eigenvalue weighted by molar-refractivity contribution is -0.139. The zero-order chi connectivity index (χ0) is 13.9. The molecule has 0 spiro atoms. The summed E-state index contributed by atoms with van der Waals surface area (Å²) in [5.41, 5.74) is -0.582. The topological polar surface area (TPSA) is 83.6 Å². The van der Waals surface area contributed by atoms with Crippen LogP contribution in [-0.2, 0) is 11.2 Å². The molecule has 0 unspecified atom stereocenters. The van der Waals surface area contributed by atoms with Gasteiger partial charge in [-0.1, -0.05) is 12.1 Å². The Morgan fingerprint density at radius 2 is 2.11 bits per heavy atom. The van der Waals surface area contributed by atoms with E-state index in [9.17, 15) is 9.59 Å². The number of carboxylic acids is 1. The number of aromatic nitrogens is 1. The van der Waals surface area contributed by atoms with Gasteiger partial charge >= 0.3 is 5.97 Å². The van der Waals surface area contributed by atoms with Gasteiger partial charge in [0.2, 0.25) is 0 Å². The van der Waals surface area contributed by atoms with Crippen LogP contribution in [0.2, 0.25) is 0 Å². The van der Waals surface area contributed by atoms with Gasteiger partial charge in [0, 0.05) is 25.1 Å². The molecule has 1 aromatic heterocycles. The minimum Gasteiger partial charge on any atom is -0.481 e. The number of carbonyl (C=O) groups is 2. The molecule has 0 saturated heterocycles. The Kier molecular flexibility index (Phi) is 4.11. The van der Waals surface area contributed by atoms with Crippen LogP contribution in [0.5, 0.6) is 0 Å². The van der Waals surface area contributed by atoms with Gasteiger partial charge in [0.15, 0.2) is 5.69 Å². The van der Waals surface area contributed by atoms with E-state index in [0.29, 0.717) is 12.2 Å². The van der Waals surface area contributed by atoms with Crippen molar-refractivity contribution in [1.82, 2.24) is 10.1 Å². The number of nitrogens with zero attached hydrogens (tertiary/aromatic N) is 2. The lowest BCUT2D eigenvalue weighted by Crippen LogP contribution is -2.46. The van der Waals surface area contributed by atoms with Crippen molar-refractivity contribution in [3.63, 3.8) is 0 Å². The molecule has 0 aromatic carbocycles. The van der Waals surface area contributed by atoms with Crippen LogP contribution in [0.15, 0.2) is 10.6 Å². The van der Waals surface area contributed by atoms with Crippen molar-refractivity contribution >= 4 is 11.9 Å². The van der Waals surface area contributed by atoms with E-state index in [1.807, 2.05) is 6.92 Å². The van der Waals surface area contributed by atoms with Gasteiger partial charge < -0.3 is 14.5 Å². The molecule has 1 amide bonds. The summed E-state index contributed by atoms with van der Waals surface area (Å²) < 4.78 is 4.97. The van der Waals surface area contributed by atoms with Crippen LogP contribution in [0.4, 0.5) is 0 Å². The molecule has 6 heteroatoms. The lowest BCUT2D eigenvalue weighted by Gasteiger charge is -2.33. The molecule has 0 aliphatic carbocycles. The van der Waals surface area contributed by atoms with Crippen molar-refractivity contribution in [2.45, 2.75) is 39.2 Å². The largest absolute Gasteiger partial charge is 0.481 e. The van der Waals surface area contributed by atoms with Crippen LogP contribution in [-0.4, -0.2) is 39.6 Å². The molecule has 1 rings (SSSR count). The molecule has 1 heterocycles. The highest BCUT2D eigenvalue weighted by molar-refractivity contribution is 5.92. The molecule has 0 radical (unpaired) electrons. The number of hydrogen-bond donors (Lipinski definition) is 1. The molecule has 0 aliphatic heterocycles. The summed E-state index contributed by atoms with van der Waals surface area (Å²) >= 11 is 0. The van der Waals surface area contributed by atoms with Crippen molar-refractivity contribution < 1.29 is 19.2 Å². The molecule has 1 aromatic rings. The van der Waals surface area contributed by atoms with E-state index in [-0.39, 0.29) is 18.0 Å². The summed E-state index contributed by atoms with van der Waals surface area (Å²) in [7, 11) is 1.56. The standard InChI is InChI=1S/C12H18N2O4/c1-5-8-6-9(13-18-8)11(17)14(4)12(2,3)7-10(15)16/h6H,5,7H2,1-4H3,(H,15,16). The Bertz CT molecular complexity index is 451. The molecule has 18 heavy (non-hydrogen) atoms. The molecule has 0 fully saturated rings. The van der Waals surface area contributed by atoms with Gasteiger partial charge in [0.05, 0.1) is 6.42 Å². The SMILES string of the molecule is CCc1cc(C(=O)N(C)C(C)(C)CC(=O)O)no1. The van der Waals surface area contributed by atoms with Crippen LogP contribution >= 0.6 is 0 Å². The first-order valence-electron chi connectivity index (χ1n) is 5.73. The number of rotatable bonds is 5. The molecule has 0 bridgehead atoms. The predicted octanol–water partition coefficient (Wildman–Crippen LogP) is 1.56. The fourth-order valence-electron chi connectivity index (χ4n) is 1.52. The molecule has 0 saturated carbocycles. The number of carbonyl (C=O) groups excluding carboxylic acids is 1. The van der Waals surface area contributed by atoms with Crippen LogP contribution in [0.25, 0.3) is 0 Å². The average Bonchev–Trinajstić information content (AvgIpc) is 2.73. The third-order valence-electron chi connectivity index (χ3n) is 2.92. The van der Waals surface area contributed by atoms with Gasteiger partial charge in [-0.2, -0.15) is 0 Å². The van der Waals surface area contributed by atoms with Crippen molar-refractivity contribution in [3.8, 4) is 0 Å². The Morgan fingerprint density at radius 3 is 2.56 bits per heavy atom. The third kappa shape index (κ3) is 3.09. The van der Waals surface area contributed by atoms with E-state index in [1.165, 1.54) is 4.90 Å². The molecule has 1 N–H and O–H groups in total. The Balaban J connectivity index is 2.86. The van der Waals surface area contributed by atoms with Gasteiger partial charge in [0.1, 0.15) is 5.76 Å². The summed E-state index contributed by atoms with van der Waals surface area (Å²) in [6.07, 6.45) is 0.524. The van der Waals surface area contributed by atoms with E-state index in [2.05, 4.69) is 5.16 Å². The zero-order valence-electron chi connectivity index (χ0n) is 11.1. The summed E-state index contributed by atoms with van der Waals surface area (Å²) in [5.74, 6) is -0.665. The molecule has 100 valence electrons. The Labute approximate surface area is 106 Å². The number of hydrogen-bond acceptors (Lipinski definition) is 4. The monoisotopic (exact) mass is 254 g/mol. The summed E-state index contributed by atoms with van der Waals surface area (Å²) in [6.45, 7) is 5.28. The predicted molar refractivity (Wildman–Crippen MR) is 64.3 cm³/mol. The summed E-state index contributed by atoms with van der Waals surface area (Å²) in [6, 6.07) is 1.58. The molecule has 0 aliphatic rings. The van der Waals surface area contributed by atoms with E-state index >= 15 is 0 Å². The normalized spacial score (nSPS) is 11.3. The maximum atomic E-state index is 12.1. The van der Waals surface area contributed by atoms with Gasteiger partial charge in [-0.3, -0.25) is 9.59 Å². The number of aliphatic carboxylic acids is 1. The smallest absolute Gasteiger partial charge is 0.305 e. The van der Waals surface area contributed by atoms with Crippen molar-refractivity contribution in [3.05, 3.63) is 17.5 Å². The van der Waals surface area contributed by atoms with E-state index in [1.54, 1.807) is 27.0 Å². The number of carboxylic acid groups (broad SMARTS) is 1. The van der Waals surface area contributed by atoms with Gasteiger partial charge in [-0.25, -0.2) is 0 Å². The minimum atomic E-state index is -0.950. The first kappa shape index (κ1) is 14.2. The molecule has 6 nitrogen and oxygen atoms in total. The first-order chi connectivity index (χ1) is 8.27. The fraction of sp³-hybridized carbons (Fsp3) is 0.583. The molecular formula is C12H18N2O4. The van der Waals surface area contributed by atoms with Gasteiger partial charge in [-0.05, 0) is 13.8 Å². The Hall–Kier alpha value is -1.85. The van der Waals surface area contributed by atoms with Crippen molar-refractivity contribution in [1.29, 1.82) is 0 Å². The van der Waals surface area contributed by atoms with E-state index in [4.69, 9.17) is 9.63 Å². The highest BCUT2D eigenvalue weighted by Gasteiger charge is 2.32. The van der Waals surface area contributed by atoms with Crippen LogP contribution < -0.4 is 0 Å². The maximum absolute atomic E-state index is 12.1. The highest BCUT2D eigenvalue weighted by Crippen LogP contribution is 2.19. The van der Waals surface area contributed by atoms with E-state index < -0.39 is 11.5 Å². The Morgan fingerprint density at radius 1 is 1.50 bits per heavy atom. The van der Waals surface area contributed by atoms with Crippen LogP contribution in [0.3, 0.4) is 0 Å². The second-order valence-electron chi connectivity index (χ2n) is 4.78. The summed E-state index contributed by atoms with van der Waals surface area (Å²) in [5, 5.41) is 12.5. The van der Waals surface area contributed by atoms with Crippen molar-refractivity contribution in [2.24, 2.45) is 0 Å². The fourth-order valence-corrected chi connectivity index (χ4v) is 1.52. The maximum Gasteiger partial charge on any atom is 0.305 e. The second-order valence-corrected chi connectivity index (χ2v) is 4.78. The van der Waals surface area contributed by atoms with Gasteiger partial charge in [0.25, 0.3) is 5.91 Å². The van der Waals surface area contributed by atoms with Crippen LogP contribution in [0.1, 0.15) is 43.4 Å². The number of aryl methyl sites for hydroxylation is 1. The lowest BCUT2D eigenvalue weighted by atomic mass is 9.98. The molecule has 0 atom stereocenters. The summed E-state index contributed by atoms with van der Waals surface area (Å²) in [4.78, 5) is 24.2. The average molecular weight is 254 g/mol. The first-order valence-corrected chi connectivity index (χ1v) is 5.73. The number of amides is 1. The van der Waals surface area contributed by atoms with E-state index in [0.717, 1.165) is 0 Å². The highest BCUT2D eigenvalue weighted by atomic mass is 16.5. The molecular weight excluding hydrogens is 236 g/mol. The zero-order valence-corrected chi connectivity index (χ0v) is 11.1. The second kappa shape index (κ2) is 5.20. The third-order valence-corrected chi connectivity index (χ3v) is 2.92. The van der Waals surface area contributed by atoms with Gasteiger partial charge in [-0.15, -0.1) is 0 Å². The van der Waals surface area contributed by atoms with Crippen molar-refractivity contribution in [2.75, 3.05) is 7.05 Å². The quantitative estimate of drug-likeness (QED) is 0.862.